The lowest BCUT2D eigenvalue weighted by atomic mass is 9.89. The van der Waals surface area contributed by atoms with E-state index in [2.05, 4.69) is 0 Å². The molecule has 0 spiro atoms. The van der Waals surface area contributed by atoms with Crippen LogP contribution < -0.4 is 0 Å². The topological polar surface area (TPSA) is 63.7 Å². The Bertz CT molecular complexity index is 637. The predicted octanol–water partition coefficient (Wildman–Crippen LogP) is 2.47. The fourth-order valence-corrected chi connectivity index (χ4v) is 3.76. The Morgan fingerprint density at radius 2 is 1.83 bits per heavy atom. The van der Waals surface area contributed by atoms with E-state index < -0.39 is 0 Å². The van der Waals surface area contributed by atoms with Crippen molar-refractivity contribution in [3.8, 4) is 0 Å². The van der Waals surface area contributed by atoms with Crippen LogP contribution in [0.2, 0.25) is 0 Å². The van der Waals surface area contributed by atoms with Gasteiger partial charge >= 0.3 is 5.97 Å². The first-order chi connectivity index (χ1) is 11.0. The van der Waals surface area contributed by atoms with Crippen molar-refractivity contribution < 1.29 is 19.1 Å². The van der Waals surface area contributed by atoms with Gasteiger partial charge in [-0.2, -0.15) is 0 Å². The van der Waals surface area contributed by atoms with Gasteiger partial charge < -0.3 is 4.74 Å². The highest BCUT2D eigenvalue weighted by molar-refractivity contribution is 6.05. The number of hydrogen-bond acceptors (Lipinski definition) is 4. The van der Waals surface area contributed by atoms with Crippen molar-refractivity contribution in [3.63, 3.8) is 0 Å². The average Bonchev–Trinajstić information content (AvgIpc) is 2.89. The van der Waals surface area contributed by atoms with Gasteiger partial charge in [-0.25, -0.2) is 0 Å². The van der Waals surface area contributed by atoms with E-state index in [9.17, 15) is 14.4 Å². The molecule has 1 saturated carbocycles. The van der Waals surface area contributed by atoms with Gasteiger partial charge in [0.2, 0.25) is 5.91 Å². The second-order valence-corrected chi connectivity index (χ2v) is 6.43. The molecule has 1 aliphatic carbocycles. The van der Waals surface area contributed by atoms with Gasteiger partial charge in [0.15, 0.2) is 0 Å². The molecule has 0 bridgehead atoms. The second kappa shape index (κ2) is 6.14. The summed E-state index contributed by atoms with van der Waals surface area (Å²) in [5.74, 6) is -0.608. The number of ether oxygens (including phenoxy) is 1. The van der Waals surface area contributed by atoms with Gasteiger partial charge in [0.1, 0.15) is 6.10 Å². The Labute approximate surface area is 135 Å². The summed E-state index contributed by atoms with van der Waals surface area (Å²) >= 11 is 0. The number of amides is 2. The van der Waals surface area contributed by atoms with Crippen LogP contribution in [0, 0.1) is 12.8 Å². The molecule has 1 aliphatic heterocycles. The van der Waals surface area contributed by atoms with Gasteiger partial charge in [0.25, 0.3) is 5.91 Å². The van der Waals surface area contributed by atoms with Crippen LogP contribution in [-0.4, -0.2) is 34.8 Å². The van der Waals surface area contributed by atoms with E-state index in [0.717, 1.165) is 5.56 Å². The summed E-state index contributed by atoms with van der Waals surface area (Å²) < 4.78 is 5.38. The molecule has 23 heavy (non-hydrogen) atoms. The molecule has 2 amide bonds. The van der Waals surface area contributed by atoms with Crippen LogP contribution in [0.5, 0.6) is 0 Å². The maximum absolute atomic E-state index is 12.8. The van der Waals surface area contributed by atoms with Crippen molar-refractivity contribution >= 4 is 17.8 Å². The molecular weight excluding hydrogens is 294 g/mol. The minimum atomic E-state index is -0.302. The number of likely N-dealkylation sites (tertiary alicyclic amines) is 1. The Morgan fingerprint density at radius 1 is 1.13 bits per heavy atom. The summed E-state index contributed by atoms with van der Waals surface area (Å²) in [5.41, 5.74) is 1.60. The number of nitrogens with zero attached hydrogens (tertiary/aromatic N) is 1. The number of piperidine rings is 1. The smallest absolute Gasteiger partial charge is 0.302 e. The number of fused-ring (bicyclic) bond motifs is 1. The number of carbonyl (C=O) groups is 3. The number of hydrogen-bond donors (Lipinski definition) is 0. The first-order valence-corrected chi connectivity index (χ1v) is 8.07. The van der Waals surface area contributed by atoms with Crippen molar-refractivity contribution in [1.29, 1.82) is 0 Å². The Kier molecular flexibility index (Phi) is 4.20. The molecule has 1 heterocycles. The van der Waals surface area contributed by atoms with Crippen LogP contribution in [-0.2, 0) is 14.3 Å². The SMILES string of the molecule is CC(=O)OC1CCC2C1CCC(=O)N2C(=O)c1ccc(C)cc1. The van der Waals surface area contributed by atoms with Crippen LogP contribution in [0.15, 0.2) is 24.3 Å². The van der Waals surface area contributed by atoms with E-state index >= 15 is 0 Å². The molecular formula is C18H21NO4. The fraction of sp³-hybridized carbons (Fsp3) is 0.500. The zero-order valence-corrected chi connectivity index (χ0v) is 13.5. The quantitative estimate of drug-likeness (QED) is 0.621. The highest BCUT2D eigenvalue weighted by atomic mass is 16.5. The maximum atomic E-state index is 12.8. The summed E-state index contributed by atoms with van der Waals surface area (Å²) in [5, 5.41) is 0. The molecule has 1 aromatic carbocycles. The van der Waals surface area contributed by atoms with Crippen LogP contribution in [0.1, 0.15) is 48.5 Å². The van der Waals surface area contributed by atoms with Crippen LogP contribution in [0.3, 0.4) is 0 Å². The van der Waals surface area contributed by atoms with E-state index in [1.807, 2.05) is 19.1 Å². The fourth-order valence-electron chi connectivity index (χ4n) is 3.76. The number of aryl methyl sites for hydroxylation is 1. The number of benzene rings is 1. The van der Waals surface area contributed by atoms with E-state index in [0.29, 0.717) is 31.2 Å². The molecule has 2 fully saturated rings. The van der Waals surface area contributed by atoms with Crippen LogP contribution in [0.25, 0.3) is 0 Å². The van der Waals surface area contributed by atoms with Crippen molar-refractivity contribution in [1.82, 2.24) is 4.90 Å². The molecule has 2 aliphatic rings. The molecule has 5 heteroatoms. The van der Waals surface area contributed by atoms with Gasteiger partial charge in [-0.1, -0.05) is 17.7 Å². The highest BCUT2D eigenvalue weighted by Gasteiger charge is 2.47. The molecule has 0 aromatic heterocycles. The predicted molar refractivity (Wildman–Crippen MR) is 83.7 cm³/mol. The summed E-state index contributed by atoms with van der Waals surface area (Å²) in [7, 11) is 0. The molecule has 5 nitrogen and oxygen atoms in total. The zero-order valence-electron chi connectivity index (χ0n) is 13.5. The number of esters is 1. The largest absolute Gasteiger partial charge is 0.462 e. The normalized spacial score (nSPS) is 26.8. The van der Waals surface area contributed by atoms with Gasteiger partial charge in [0.05, 0.1) is 0 Å². The van der Waals surface area contributed by atoms with Crippen LogP contribution >= 0.6 is 0 Å². The van der Waals surface area contributed by atoms with E-state index in [4.69, 9.17) is 4.74 Å². The first kappa shape index (κ1) is 15.7. The van der Waals surface area contributed by atoms with E-state index in [1.54, 1.807) is 12.1 Å². The standard InChI is InChI=1S/C18H21NO4/c1-11-3-5-13(6-4-11)18(22)19-15-8-9-16(23-12(2)20)14(15)7-10-17(19)21/h3-6,14-16H,7-10H2,1-2H3. The lowest BCUT2D eigenvalue weighted by Crippen LogP contribution is -2.51. The van der Waals surface area contributed by atoms with Gasteiger partial charge in [-0.15, -0.1) is 0 Å². The van der Waals surface area contributed by atoms with Crippen molar-refractivity contribution in [2.75, 3.05) is 0 Å². The summed E-state index contributed by atoms with van der Waals surface area (Å²) in [6.07, 6.45) is 2.24. The third-order valence-corrected chi connectivity index (χ3v) is 4.85. The molecule has 3 unspecified atom stereocenters. The number of imide groups is 1. The Hall–Kier alpha value is -2.17. The third kappa shape index (κ3) is 3.00. The van der Waals surface area contributed by atoms with Crippen molar-refractivity contribution in [3.05, 3.63) is 35.4 Å². The molecule has 1 aromatic rings. The molecule has 3 rings (SSSR count). The van der Waals surface area contributed by atoms with Crippen molar-refractivity contribution in [2.24, 2.45) is 5.92 Å². The first-order valence-electron chi connectivity index (χ1n) is 8.07. The van der Waals surface area contributed by atoms with E-state index in [-0.39, 0.29) is 35.8 Å². The Balaban J connectivity index is 1.83. The molecule has 0 N–H and O–H groups in total. The van der Waals surface area contributed by atoms with Crippen LogP contribution in [0.4, 0.5) is 0 Å². The summed E-state index contributed by atoms with van der Waals surface area (Å²) in [6.45, 7) is 3.35. The molecule has 1 saturated heterocycles. The molecule has 0 radical (unpaired) electrons. The minimum Gasteiger partial charge on any atom is -0.462 e. The minimum absolute atomic E-state index is 0.0611. The summed E-state index contributed by atoms with van der Waals surface area (Å²) in [6, 6.07) is 7.10. The lowest BCUT2D eigenvalue weighted by Gasteiger charge is -2.37. The highest BCUT2D eigenvalue weighted by Crippen LogP contribution is 2.39. The average molecular weight is 315 g/mol. The Morgan fingerprint density at radius 3 is 2.48 bits per heavy atom. The monoisotopic (exact) mass is 315 g/mol. The number of carbonyl (C=O) groups excluding carboxylic acids is 3. The zero-order chi connectivity index (χ0) is 16.6. The number of rotatable bonds is 2. The van der Waals surface area contributed by atoms with Gasteiger partial charge in [0, 0.05) is 30.9 Å². The van der Waals surface area contributed by atoms with Gasteiger partial charge in [-0.05, 0) is 38.3 Å². The molecule has 122 valence electrons. The maximum Gasteiger partial charge on any atom is 0.302 e. The van der Waals surface area contributed by atoms with Gasteiger partial charge in [-0.3, -0.25) is 19.3 Å². The van der Waals surface area contributed by atoms with E-state index in [1.165, 1.54) is 11.8 Å². The lowest BCUT2D eigenvalue weighted by molar-refractivity contribution is -0.149. The third-order valence-electron chi connectivity index (χ3n) is 4.85. The summed E-state index contributed by atoms with van der Waals surface area (Å²) in [4.78, 5) is 37.8. The second-order valence-electron chi connectivity index (χ2n) is 6.43. The van der Waals surface area contributed by atoms with Crippen molar-refractivity contribution in [2.45, 2.75) is 51.7 Å². The molecule has 3 atom stereocenters.